The predicted octanol–water partition coefficient (Wildman–Crippen LogP) is 5.27. The van der Waals surface area contributed by atoms with Crippen LogP contribution in [0.15, 0.2) is 65.1 Å². The van der Waals surface area contributed by atoms with Gasteiger partial charge in [-0.05, 0) is 30.3 Å². The summed E-state index contributed by atoms with van der Waals surface area (Å²) in [5.74, 6) is 0.564. The van der Waals surface area contributed by atoms with E-state index < -0.39 is 27.9 Å². The largest absolute Gasteiger partial charge is 0.493 e. The number of benzene rings is 2. The maximum absolute atomic E-state index is 13.4. The first-order valence-corrected chi connectivity index (χ1v) is 13.0. The van der Waals surface area contributed by atoms with E-state index in [2.05, 4.69) is 14.8 Å². The van der Waals surface area contributed by atoms with Crippen molar-refractivity contribution in [3.8, 4) is 22.8 Å². The first-order chi connectivity index (χ1) is 17.1. The van der Waals surface area contributed by atoms with Crippen molar-refractivity contribution in [3.05, 3.63) is 71.4 Å². The summed E-state index contributed by atoms with van der Waals surface area (Å²) in [6.45, 7) is 0.239. The normalized spacial score (nSPS) is 15.7. The summed E-state index contributed by atoms with van der Waals surface area (Å²) in [4.78, 5) is 3.92. The van der Waals surface area contributed by atoms with E-state index in [4.69, 9.17) is 9.47 Å². The van der Waals surface area contributed by atoms with Crippen molar-refractivity contribution in [2.24, 2.45) is 7.05 Å². The van der Waals surface area contributed by atoms with Gasteiger partial charge in [0.25, 0.3) is 10.0 Å². The Kier molecular flexibility index (Phi) is 6.12. The highest BCUT2D eigenvalue weighted by molar-refractivity contribution is 7.93. The van der Waals surface area contributed by atoms with Crippen molar-refractivity contribution in [1.82, 2.24) is 14.8 Å². The van der Waals surface area contributed by atoms with E-state index in [-0.39, 0.29) is 27.9 Å². The van der Waals surface area contributed by atoms with Gasteiger partial charge in [0.15, 0.2) is 5.13 Å². The first kappa shape index (κ1) is 24.1. The molecule has 0 saturated heterocycles. The second-order valence-corrected chi connectivity index (χ2v) is 10.5. The number of rotatable bonds is 6. The van der Waals surface area contributed by atoms with E-state index in [0.717, 1.165) is 23.5 Å². The number of anilines is 1. The smallest absolute Gasteiger partial charge is 0.416 e. The summed E-state index contributed by atoms with van der Waals surface area (Å²) >= 11 is 1.15. The van der Waals surface area contributed by atoms with E-state index in [1.165, 1.54) is 35.3 Å². The molecule has 2 aromatic heterocycles. The lowest BCUT2D eigenvalue weighted by Gasteiger charge is -2.28. The van der Waals surface area contributed by atoms with Crippen LogP contribution in [0.3, 0.4) is 0 Å². The molecule has 0 radical (unpaired) electrons. The van der Waals surface area contributed by atoms with Gasteiger partial charge in [-0.25, -0.2) is 13.4 Å². The van der Waals surface area contributed by atoms with E-state index in [1.807, 2.05) is 0 Å². The van der Waals surface area contributed by atoms with Crippen molar-refractivity contribution in [2.75, 3.05) is 11.3 Å². The fourth-order valence-electron chi connectivity index (χ4n) is 3.87. The summed E-state index contributed by atoms with van der Waals surface area (Å²) in [7, 11) is -2.26. The van der Waals surface area contributed by atoms with Gasteiger partial charge in [-0.1, -0.05) is 6.07 Å². The molecule has 4 aromatic rings. The maximum Gasteiger partial charge on any atom is 0.416 e. The van der Waals surface area contributed by atoms with Crippen molar-refractivity contribution < 1.29 is 31.1 Å². The van der Waals surface area contributed by atoms with Crippen LogP contribution in [0.5, 0.6) is 11.5 Å². The van der Waals surface area contributed by atoms with E-state index in [9.17, 15) is 21.6 Å². The molecule has 1 aliphatic rings. The number of sulfonamides is 1. The molecule has 0 fully saturated rings. The number of hydrogen-bond acceptors (Lipinski definition) is 7. The molecule has 188 valence electrons. The Balaban J connectivity index is 1.47. The predicted molar refractivity (Wildman–Crippen MR) is 126 cm³/mol. The fourth-order valence-corrected chi connectivity index (χ4v) is 5.68. The minimum atomic E-state index is -4.52. The Labute approximate surface area is 208 Å². The quantitative estimate of drug-likeness (QED) is 0.361. The minimum absolute atomic E-state index is 0.0118. The van der Waals surface area contributed by atoms with Gasteiger partial charge in [-0.15, -0.1) is 11.3 Å². The highest BCUT2D eigenvalue weighted by Gasteiger charge is 2.33. The molecule has 0 bridgehead atoms. The first-order valence-electron chi connectivity index (χ1n) is 10.7. The average molecular weight is 537 g/mol. The molecule has 8 nitrogen and oxygen atoms in total. The molecule has 1 N–H and O–H groups in total. The Morgan fingerprint density at radius 2 is 2.00 bits per heavy atom. The SMILES string of the molecule is Cn1nccc1-c1cc(C(F)(F)F)ccc1O[C@H]1CCOc2cc(S(=O)(=O)Nc3nccs3)ccc21. The van der Waals surface area contributed by atoms with Gasteiger partial charge in [0.1, 0.15) is 17.6 Å². The average Bonchev–Trinajstić information content (AvgIpc) is 3.49. The third kappa shape index (κ3) is 4.75. The number of aryl methyl sites for hydroxylation is 1. The second-order valence-electron chi connectivity index (χ2n) is 7.93. The van der Waals surface area contributed by atoms with Crippen molar-refractivity contribution in [1.29, 1.82) is 0 Å². The molecule has 3 heterocycles. The summed E-state index contributed by atoms with van der Waals surface area (Å²) in [6.07, 6.45) is -1.69. The number of ether oxygens (including phenoxy) is 2. The molecule has 1 atom stereocenters. The highest BCUT2D eigenvalue weighted by atomic mass is 32.2. The van der Waals surface area contributed by atoms with Gasteiger partial charge in [-0.2, -0.15) is 18.3 Å². The Bertz CT molecular complexity index is 1500. The molecule has 0 spiro atoms. The monoisotopic (exact) mass is 536 g/mol. The molecular weight excluding hydrogens is 517 g/mol. The second kappa shape index (κ2) is 9.13. The topological polar surface area (TPSA) is 95.3 Å². The number of nitrogens with zero attached hydrogens (tertiary/aromatic N) is 3. The van der Waals surface area contributed by atoms with Crippen LogP contribution < -0.4 is 14.2 Å². The lowest BCUT2D eigenvalue weighted by molar-refractivity contribution is -0.137. The lowest BCUT2D eigenvalue weighted by atomic mass is 10.0. The van der Waals surface area contributed by atoms with Gasteiger partial charge in [0.05, 0.1) is 22.8 Å². The number of halogens is 3. The van der Waals surface area contributed by atoms with Crippen molar-refractivity contribution in [3.63, 3.8) is 0 Å². The lowest BCUT2D eigenvalue weighted by Crippen LogP contribution is -2.20. The molecule has 0 amide bonds. The molecule has 1 aliphatic heterocycles. The van der Waals surface area contributed by atoms with Gasteiger partial charge in [0, 0.05) is 48.4 Å². The zero-order chi connectivity index (χ0) is 25.5. The van der Waals surface area contributed by atoms with Gasteiger partial charge < -0.3 is 9.47 Å². The number of aromatic nitrogens is 3. The zero-order valence-corrected chi connectivity index (χ0v) is 20.3. The molecule has 0 unspecified atom stereocenters. The number of hydrogen-bond donors (Lipinski definition) is 1. The highest BCUT2D eigenvalue weighted by Crippen LogP contribution is 2.42. The number of alkyl halides is 3. The van der Waals surface area contributed by atoms with E-state index >= 15 is 0 Å². The van der Waals surface area contributed by atoms with Crippen LogP contribution in [0.1, 0.15) is 23.7 Å². The minimum Gasteiger partial charge on any atom is -0.493 e. The molecule has 0 saturated carbocycles. The van der Waals surface area contributed by atoms with E-state index in [0.29, 0.717) is 23.4 Å². The Morgan fingerprint density at radius 3 is 2.69 bits per heavy atom. The van der Waals surface area contributed by atoms with Crippen molar-refractivity contribution in [2.45, 2.75) is 23.6 Å². The number of thiazole rings is 1. The summed E-state index contributed by atoms with van der Waals surface area (Å²) < 4.78 is 81.5. The fraction of sp³-hybridized carbons (Fsp3) is 0.217. The third-order valence-electron chi connectivity index (χ3n) is 5.61. The van der Waals surface area contributed by atoms with E-state index in [1.54, 1.807) is 24.6 Å². The summed E-state index contributed by atoms with van der Waals surface area (Å²) in [5, 5.41) is 5.95. The Hall–Kier alpha value is -3.58. The van der Waals surface area contributed by atoms with Crippen LogP contribution >= 0.6 is 11.3 Å². The van der Waals surface area contributed by atoms with Crippen LogP contribution in [0, 0.1) is 0 Å². The summed E-state index contributed by atoms with van der Waals surface area (Å²) in [6, 6.07) is 9.30. The third-order valence-corrected chi connectivity index (χ3v) is 7.76. The molecule has 0 aliphatic carbocycles. The molecule has 36 heavy (non-hydrogen) atoms. The van der Waals surface area contributed by atoms with Crippen LogP contribution in [-0.2, 0) is 23.2 Å². The number of fused-ring (bicyclic) bond motifs is 1. The van der Waals surface area contributed by atoms with Crippen LogP contribution in [0.4, 0.5) is 18.3 Å². The van der Waals surface area contributed by atoms with Gasteiger partial charge in [-0.3, -0.25) is 9.40 Å². The van der Waals surface area contributed by atoms with Crippen LogP contribution in [0.25, 0.3) is 11.3 Å². The number of nitrogens with one attached hydrogen (secondary N) is 1. The standard InChI is InChI=1S/C23H19F3N4O4S2/c1-30-18(6-8-28-30)17-12-14(23(24,25)26)2-5-19(17)34-20-7-10-33-21-13-15(3-4-16(20)21)36(31,32)29-22-27-9-11-35-22/h2-6,8-9,11-13,20H,7,10H2,1H3,(H,27,29)/t20-/m0/s1. The molecular formula is C23H19F3N4O4S2. The van der Waals surface area contributed by atoms with Gasteiger partial charge in [0.2, 0.25) is 0 Å². The van der Waals surface area contributed by atoms with Crippen LogP contribution in [-0.4, -0.2) is 29.8 Å². The molecule has 13 heteroatoms. The molecule has 2 aromatic carbocycles. The van der Waals surface area contributed by atoms with Crippen molar-refractivity contribution >= 4 is 26.5 Å². The Morgan fingerprint density at radius 1 is 1.17 bits per heavy atom. The summed E-state index contributed by atoms with van der Waals surface area (Å²) in [5.41, 5.74) is 0.481. The maximum atomic E-state index is 13.4. The van der Waals surface area contributed by atoms with Gasteiger partial charge >= 0.3 is 6.18 Å². The molecule has 5 rings (SSSR count). The zero-order valence-electron chi connectivity index (χ0n) is 18.7. The van der Waals surface area contributed by atoms with Crippen LogP contribution in [0.2, 0.25) is 0 Å².